The molecule has 2 heteroatoms. The minimum absolute atomic E-state index is 0.0585. The Morgan fingerprint density at radius 1 is 1.40 bits per heavy atom. The van der Waals surface area contributed by atoms with Crippen molar-refractivity contribution in [2.45, 2.75) is 59.9 Å². The third-order valence-corrected chi connectivity index (χ3v) is 2.82. The summed E-state index contributed by atoms with van der Waals surface area (Å²) in [5.74, 6) is 0. The van der Waals surface area contributed by atoms with Gasteiger partial charge >= 0.3 is 0 Å². The first-order chi connectivity index (χ1) is 6.92. The maximum atomic E-state index is 5.83. The molecule has 0 saturated carbocycles. The van der Waals surface area contributed by atoms with Crippen LogP contribution in [0.2, 0.25) is 0 Å². The van der Waals surface area contributed by atoms with E-state index in [9.17, 15) is 0 Å². The lowest BCUT2D eigenvalue weighted by Crippen LogP contribution is -2.41. The van der Waals surface area contributed by atoms with Crippen LogP contribution in [0.25, 0.3) is 0 Å². The fraction of sp³-hybridized carbons (Fsp3) is 0.846. The normalized spacial score (nSPS) is 27.5. The van der Waals surface area contributed by atoms with Crippen LogP contribution in [0.5, 0.6) is 0 Å². The maximum Gasteiger partial charge on any atom is 0.163 e. The van der Waals surface area contributed by atoms with Crippen LogP contribution in [-0.2, 0) is 9.47 Å². The van der Waals surface area contributed by atoms with Gasteiger partial charge in [0, 0.05) is 5.41 Å². The fourth-order valence-electron chi connectivity index (χ4n) is 1.63. The first kappa shape index (κ1) is 12.7. The molecule has 88 valence electrons. The molecule has 2 atom stereocenters. The summed E-state index contributed by atoms with van der Waals surface area (Å²) in [6.45, 7) is 11.6. The highest BCUT2D eigenvalue weighted by atomic mass is 16.7. The molecule has 0 aromatic heterocycles. The van der Waals surface area contributed by atoms with Gasteiger partial charge in [-0.1, -0.05) is 25.5 Å². The van der Waals surface area contributed by atoms with Crippen LogP contribution < -0.4 is 0 Å². The summed E-state index contributed by atoms with van der Waals surface area (Å²) in [6, 6.07) is 0. The zero-order valence-corrected chi connectivity index (χ0v) is 10.7. The van der Waals surface area contributed by atoms with Crippen LogP contribution in [0.3, 0.4) is 0 Å². The molecular formula is C13H24O2. The fourth-order valence-corrected chi connectivity index (χ4v) is 1.63. The van der Waals surface area contributed by atoms with E-state index in [0.717, 1.165) is 19.4 Å². The molecule has 0 aliphatic carbocycles. The largest absolute Gasteiger partial charge is 0.352 e. The van der Waals surface area contributed by atoms with Crippen molar-refractivity contribution in [3.8, 4) is 0 Å². The second kappa shape index (κ2) is 5.13. The molecule has 0 radical (unpaired) electrons. The molecular weight excluding hydrogens is 188 g/mol. The van der Waals surface area contributed by atoms with E-state index in [1.165, 1.54) is 5.57 Å². The Morgan fingerprint density at radius 3 is 2.60 bits per heavy atom. The number of allylic oxidation sites excluding steroid dienone is 2. The summed E-state index contributed by atoms with van der Waals surface area (Å²) < 4.78 is 11.5. The zero-order chi connectivity index (χ0) is 11.5. The second-order valence-electron chi connectivity index (χ2n) is 5.41. The molecule has 2 nitrogen and oxygen atoms in total. The Kier molecular flexibility index (Phi) is 4.35. The summed E-state index contributed by atoms with van der Waals surface area (Å²) in [4.78, 5) is 0. The van der Waals surface area contributed by atoms with E-state index in [1.54, 1.807) is 0 Å². The average molecular weight is 212 g/mol. The highest BCUT2D eigenvalue weighted by Gasteiger charge is 2.33. The topological polar surface area (TPSA) is 18.5 Å². The molecule has 0 N–H and O–H groups in total. The van der Waals surface area contributed by atoms with Gasteiger partial charge in [-0.3, -0.25) is 0 Å². The van der Waals surface area contributed by atoms with E-state index < -0.39 is 0 Å². The first-order valence-electron chi connectivity index (χ1n) is 5.82. The zero-order valence-electron chi connectivity index (χ0n) is 10.7. The third kappa shape index (κ3) is 3.96. The molecule has 1 aliphatic heterocycles. The minimum atomic E-state index is -0.0585. The van der Waals surface area contributed by atoms with E-state index in [2.05, 4.69) is 40.7 Å². The van der Waals surface area contributed by atoms with Crippen molar-refractivity contribution < 1.29 is 9.47 Å². The molecule has 0 spiro atoms. The summed E-state index contributed by atoms with van der Waals surface area (Å²) >= 11 is 0. The summed E-state index contributed by atoms with van der Waals surface area (Å²) in [5, 5.41) is 0. The smallest absolute Gasteiger partial charge is 0.163 e. The number of hydrogen-bond acceptors (Lipinski definition) is 2. The number of ether oxygens (including phenoxy) is 2. The highest BCUT2D eigenvalue weighted by molar-refractivity contribution is 4.97. The molecule has 1 fully saturated rings. The third-order valence-electron chi connectivity index (χ3n) is 2.82. The van der Waals surface area contributed by atoms with Crippen molar-refractivity contribution in [3.05, 3.63) is 11.6 Å². The van der Waals surface area contributed by atoms with Crippen molar-refractivity contribution >= 4 is 0 Å². The van der Waals surface area contributed by atoms with Crippen molar-refractivity contribution in [3.63, 3.8) is 0 Å². The van der Waals surface area contributed by atoms with Gasteiger partial charge in [0.15, 0.2) is 6.29 Å². The standard InChI is InChI=1S/C13H24O2/c1-10(2)6-8-13(4,5)12-14-9-7-11(3)15-12/h6,11-12H,7-9H2,1-5H3/t11-,12-/m1/s1. The lowest BCUT2D eigenvalue weighted by Gasteiger charge is -2.38. The molecule has 0 aromatic rings. The summed E-state index contributed by atoms with van der Waals surface area (Å²) in [5.41, 5.74) is 1.42. The van der Waals surface area contributed by atoms with Gasteiger partial charge in [-0.25, -0.2) is 0 Å². The van der Waals surface area contributed by atoms with Gasteiger partial charge in [0.1, 0.15) is 0 Å². The van der Waals surface area contributed by atoms with Gasteiger partial charge in [-0.15, -0.1) is 0 Å². The van der Waals surface area contributed by atoms with Crippen LogP contribution >= 0.6 is 0 Å². The average Bonchev–Trinajstić information content (AvgIpc) is 2.15. The predicted molar refractivity (Wildman–Crippen MR) is 62.7 cm³/mol. The van der Waals surface area contributed by atoms with Crippen molar-refractivity contribution in [1.82, 2.24) is 0 Å². The second-order valence-corrected chi connectivity index (χ2v) is 5.41. The summed E-state index contributed by atoms with van der Waals surface area (Å²) in [7, 11) is 0. The molecule has 15 heavy (non-hydrogen) atoms. The molecule has 1 rings (SSSR count). The van der Waals surface area contributed by atoms with Gasteiger partial charge in [0.25, 0.3) is 0 Å². The Hall–Kier alpha value is -0.340. The van der Waals surface area contributed by atoms with Gasteiger partial charge in [0.05, 0.1) is 12.7 Å². The van der Waals surface area contributed by atoms with Crippen LogP contribution in [0, 0.1) is 5.41 Å². The molecule has 0 unspecified atom stereocenters. The Labute approximate surface area is 93.7 Å². The number of hydrogen-bond donors (Lipinski definition) is 0. The summed E-state index contributed by atoms with van der Waals surface area (Å²) in [6.07, 6.45) is 4.54. The van der Waals surface area contributed by atoms with Crippen LogP contribution in [0.4, 0.5) is 0 Å². The Balaban J connectivity index is 2.55. The van der Waals surface area contributed by atoms with Gasteiger partial charge in [-0.2, -0.15) is 0 Å². The number of rotatable bonds is 3. The van der Waals surface area contributed by atoms with E-state index in [1.807, 2.05) is 0 Å². The maximum absolute atomic E-state index is 5.83. The molecule has 1 heterocycles. The van der Waals surface area contributed by atoms with Crippen molar-refractivity contribution in [2.75, 3.05) is 6.61 Å². The molecule has 1 aliphatic rings. The van der Waals surface area contributed by atoms with E-state index >= 15 is 0 Å². The van der Waals surface area contributed by atoms with Crippen molar-refractivity contribution in [1.29, 1.82) is 0 Å². The van der Waals surface area contributed by atoms with E-state index in [4.69, 9.17) is 9.47 Å². The SMILES string of the molecule is CC(C)=CCC(C)(C)[C@@H]1OCC[C@@H](C)O1. The molecule has 1 saturated heterocycles. The van der Waals surface area contributed by atoms with Crippen LogP contribution in [0.1, 0.15) is 47.5 Å². The van der Waals surface area contributed by atoms with Gasteiger partial charge in [-0.05, 0) is 33.6 Å². The predicted octanol–water partition coefficient (Wildman–Crippen LogP) is 3.52. The van der Waals surface area contributed by atoms with Crippen LogP contribution in [0.15, 0.2) is 11.6 Å². The Bertz CT molecular complexity index is 227. The molecule has 0 bridgehead atoms. The van der Waals surface area contributed by atoms with E-state index in [-0.39, 0.29) is 11.7 Å². The lowest BCUT2D eigenvalue weighted by molar-refractivity contribution is -0.251. The van der Waals surface area contributed by atoms with Gasteiger partial charge in [0.2, 0.25) is 0 Å². The first-order valence-corrected chi connectivity index (χ1v) is 5.82. The quantitative estimate of drug-likeness (QED) is 0.666. The van der Waals surface area contributed by atoms with Gasteiger partial charge < -0.3 is 9.47 Å². The Morgan fingerprint density at radius 2 is 2.07 bits per heavy atom. The lowest BCUT2D eigenvalue weighted by atomic mass is 9.87. The van der Waals surface area contributed by atoms with Crippen LogP contribution in [-0.4, -0.2) is 19.0 Å². The molecule has 0 aromatic carbocycles. The van der Waals surface area contributed by atoms with Crippen molar-refractivity contribution in [2.24, 2.45) is 5.41 Å². The highest BCUT2D eigenvalue weighted by Crippen LogP contribution is 2.32. The monoisotopic (exact) mass is 212 g/mol. The molecule has 0 amide bonds. The van der Waals surface area contributed by atoms with E-state index in [0.29, 0.717) is 6.10 Å². The minimum Gasteiger partial charge on any atom is -0.352 e.